The molecule has 0 saturated carbocycles. The lowest BCUT2D eigenvalue weighted by molar-refractivity contribution is -0.119. The van der Waals surface area contributed by atoms with Crippen LogP contribution in [-0.2, 0) is 10.2 Å². The number of rotatable bonds is 2. The minimum Gasteiger partial charge on any atom is -0.337 e. The molecule has 3 heterocycles. The molecule has 1 aromatic carbocycles. The van der Waals surface area contributed by atoms with E-state index in [0.29, 0.717) is 5.92 Å². The lowest BCUT2D eigenvalue weighted by Gasteiger charge is -2.14. The summed E-state index contributed by atoms with van der Waals surface area (Å²) in [6.45, 7) is 8.09. The van der Waals surface area contributed by atoms with Crippen LogP contribution in [0.1, 0.15) is 44.9 Å². The maximum atomic E-state index is 12.1. The third-order valence-corrected chi connectivity index (χ3v) is 4.57. The summed E-state index contributed by atoms with van der Waals surface area (Å²) >= 11 is 0. The Morgan fingerprint density at radius 3 is 2.65 bits per heavy atom. The van der Waals surface area contributed by atoms with Crippen LogP contribution in [0.4, 0.5) is 5.69 Å². The number of carbonyl (C=O) groups is 1. The van der Waals surface area contributed by atoms with E-state index < -0.39 is 5.41 Å². The normalized spacial score (nSPS) is 16.1. The molecule has 6 nitrogen and oxygen atoms in total. The van der Waals surface area contributed by atoms with Crippen LogP contribution >= 0.6 is 0 Å². The Labute approximate surface area is 133 Å². The van der Waals surface area contributed by atoms with Gasteiger partial charge in [0.05, 0.1) is 16.4 Å². The summed E-state index contributed by atoms with van der Waals surface area (Å²) < 4.78 is 0. The van der Waals surface area contributed by atoms with Gasteiger partial charge in [-0.15, -0.1) is 0 Å². The maximum absolute atomic E-state index is 12.1. The molecule has 0 radical (unpaired) electrons. The lowest BCUT2D eigenvalue weighted by Crippen LogP contribution is -2.26. The Bertz CT molecular complexity index is 932. The molecule has 23 heavy (non-hydrogen) atoms. The fourth-order valence-electron chi connectivity index (χ4n) is 2.95. The lowest BCUT2D eigenvalue weighted by atomic mass is 9.86. The number of hydrogen-bond acceptors (Lipinski definition) is 3. The molecule has 0 fully saturated rings. The molecule has 3 N–H and O–H groups in total. The number of fused-ring (bicyclic) bond motifs is 2. The van der Waals surface area contributed by atoms with Gasteiger partial charge in [-0.1, -0.05) is 13.8 Å². The van der Waals surface area contributed by atoms with Crippen molar-refractivity contribution in [1.29, 1.82) is 0 Å². The standard InChI is InChI=1S/C17H19N5O/c1-8(2)10-6-14(22-21-10)15-18-12-5-9-11(7-13(12)19-15)20-16(23)17(9,3)4/h5-8H,1-4H3,(H,18,19)(H,20,23)(H,21,22). The third kappa shape index (κ3) is 1.98. The summed E-state index contributed by atoms with van der Waals surface area (Å²) in [5.41, 5.74) is 4.94. The fraction of sp³-hybridized carbons (Fsp3) is 0.353. The van der Waals surface area contributed by atoms with Crippen LogP contribution in [-0.4, -0.2) is 26.1 Å². The number of carbonyl (C=O) groups excluding carboxylic acids is 1. The Morgan fingerprint density at radius 1 is 1.17 bits per heavy atom. The molecule has 0 spiro atoms. The van der Waals surface area contributed by atoms with Crippen molar-refractivity contribution in [1.82, 2.24) is 20.2 Å². The van der Waals surface area contributed by atoms with Crippen LogP contribution in [0.25, 0.3) is 22.6 Å². The molecule has 0 bridgehead atoms. The van der Waals surface area contributed by atoms with Crippen LogP contribution in [0.3, 0.4) is 0 Å². The number of amides is 1. The molecule has 0 unspecified atom stereocenters. The molecule has 6 heteroatoms. The summed E-state index contributed by atoms with van der Waals surface area (Å²) in [6, 6.07) is 5.95. The first kappa shape index (κ1) is 14.0. The van der Waals surface area contributed by atoms with Gasteiger partial charge in [-0.3, -0.25) is 9.89 Å². The van der Waals surface area contributed by atoms with Crippen LogP contribution in [0.2, 0.25) is 0 Å². The van der Waals surface area contributed by atoms with Gasteiger partial charge in [0.15, 0.2) is 5.82 Å². The van der Waals surface area contributed by atoms with E-state index in [-0.39, 0.29) is 5.91 Å². The average Bonchev–Trinajstić information content (AvgIpc) is 3.15. The van der Waals surface area contributed by atoms with Gasteiger partial charge in [0, 0.05) is 11.4 Å². The van der Waals surface area contributed by atoms with Crippen molar-refractivity contribution in [2.45, 2.75) is 39.0 Å². The Hall–Kier alpha value is -2.63. The largest absolute Gasteiger partial charge is 0.337 e. The first-order chi connectivity index (χ1) is 10.9. The van der Waals surface area contributed by atoms with Crippen molar-refractivity contribution < 1.29 is 4.79 Å². The molecule has 0 aliphatic carbocycles. The van der Waals surface area contributed by atoms with Gasteiger partial charge in [0.1, 0.15) is 5.69 Å². The molecular weight excluding hydrogens is 290 g/mol. The van der Waals surface area contributed by atoms with Crippen molar-refractivity contribution in [2.24, 2.45) is 0 Å². The monoisotopic (exact) mass is 309 g/mol. The van der Waals surface area contributed by atoms with Crippen molar-refractivity contribution >= 4 is 22.6 Å². The highest BCUT2D eigenvalue weighted by Gasteiger charge is 2.38. The summed E-state index contributed by atoms with van der Waals surface area (Å²) in [5, 5.41) is 10.3. The van der Waals surface area contributed by atoms with E-state index in [2.05, 4.69) is 39.3 Å². The molecule has 3 aromatic rings. The molecule has 1 amide bonds. The van der Waals surface area contributed by atoms with Gasteiger partial charge >= 0.3 is 0 Å². The predicted molar refractivity (Wildman–Crippen MR) is 89.4 cm³/mol. The zero-order valence-corrected chi connectivity index (χ0v) is 13.6. The van der Waals surface area contributed by atoms with E-state index in [0.717, 1.165) is 39.5 Å². The van der Waals surface area contributed by atoms with E-state index in [9.17, 15) is 4.79 Å². The second-order valence-corrected chi connectivity index (χ2v) is 6.94. The van der Waals surface area contributed by atoms with E-state index >= 15 is 0 Å². The molecule has 1 aliphatic rings. The Kier molecular flexibility index (Phi) is 2.70. The number of benzene rings is 1. The molecule has 0 saturated heterocycles. The minimum absolute atomic E-state index is 0.0225. The summed E-state index contributed by atoms with van der Waals surface area (Å²) in [5.74, 6) is 1.14. The number of hydrogen-bond donors (Lipinski definition) is 3. The summed E-state index contributed by atoms with van der Waals surface area (Å²) in [6.07, 6.45) is 0. The first-order valence-electron chi connectivity index (χ1n) is 7.77. The highest BCUT2D eigenvalue weighted by Crippen LogP contribution is 2.39. The number of aromatic amines is 2. The Balaban J connectivity index is 1.82. The van der Waals surface area contributed by atoms with Gasteiger partial charge in [-0.25, -0.2) is 4.98 Å². The van der Waals surface area contributed by atoms with Gasteiger partial charge in [0.2, 0.25) is 5.91 Å². The van der Waals surface area contributed by atoms with Crippen molar-refractivity contribution in [2.75, 3.05) is 5.32 Å². The fourth-order valence-corrected chi connectivity index (χ4v) is 2.95. The second-order valence-electron chi connectivity index (χ2n) is 6.94. The SMILES string of the molecule is CC(C)c1cc(-c2nc3cc4c(cc3[nH]2)C(C)(C)C(=O)N4)n[nH]1. The number of aromatic nitrogens is 4. The molecule has 1 aliphatic heterocycles. The Morgan fingerprint density at radius 2 is 1.96 bits per heavy atom. The second kappa shape index (κ2) is 4.44. The molecule has 0 atom stereocenters. The van der Waals surface area contributed by atoms with Gasteiger partial charge in [-0.2, -0.15) is 5.10 Å². The van der Waals surface area contributed by atoms with Crippen molar-refractivity contribution in [3.8, 4) is 11.5 Å². The first-order valence-corrected chi connectivity index (χ1v) is 7.77. The summed E-state index contributed by atoms with van der Waals surface area (Å²) in [7, 11) is 0. The van der Waals surface area contributed by atoms with Crippen LogP contribution in [0.5, 0.6) is 0 Å². The topological polar surface area (TPSA) is 86.5 Å². The number of imidazole rings is 1. The highest BCUT2D eigenvalue weighted by molar-refractivity contribution is 6.07. The number of nitrogens with one attached hydrogen (secondary N) is 3. The van der Waals surface area contributed by atoms with Crippen molar-refractivity contribution in [3.63, 3.8) is 0 Å². The number of nitrogens with zero attached hydrogens (tertiary/aromatic N) is 2. The molecule has 4 rings (SSSR count). The molecule has 118 valence electrons. The van der Waals surface area contributed by atoms with Crippen molar-refractivity contribution in [3.05, 3.63) is 29.5 Å². The van der Waals surface area contributed by atoms with E-state index in [4.69, 9.17) is 0 Å². The zero-order valence-electron chi connectivity index (χ0n) is 13.6. The summed E-state index contributed by atoms with van der Waals surface area (Å²) in [4.78, 5) is 20.0. The average molecular weight is 309 g/mol. The quantitative estimate of drug-likeness (QED) is 0.679. The smallest absolute Gasteiger partial charge is 0.234 e. The number of anilines is 1. The van der Waals surface area contributed by atoms with E-state index in [1.165, 1.54) is 0 Å². The molecule has 2 aromatic heterocycles. The van der Waals surface area contributed by atoms with Crippen LogP contribution < -0.4 is 5.32 Å². The van der Waals surface area contributed by atoms with Gasteiger partial charge in [0.25, 0.3) is 0 Å². The predicted octanol–water partition coefficient (Wildman–Crippen LogP) is 3.31. The third-order valence-electron chi connectivity index (χ3n) is 4.57. The van der Waals surface area contributed by atoms with E-state index in [1.807, 2.05) is 32.0 Å². The maximum Gasteiger partial charge on any atom is 0.234 e. The highest BCUT2D eigenvalue weighted by atomic mass is 16.2. The molecular formula is C17H19N5O. The zero-order chi connectivity index (χ0) is 16.4. The van der Waals surface area contributed by atoms with Gasteiger partial charge < -0.3 is 10.3 Å². The number of H-pyrrole nitrogens is 2. The minimum atomic E-state index is -0.522. The van der Waals surface area contributed by atoms with Crippen LogP contribution in [0.15, 0.2) is 18.2 Å². The van der Waals surface area contributed by atoms with Crippen LogP contribution in [0, 0.1) is 0 Å². The van der Waals surface area contributed by atoms with E-state index in [1.54, 1.807) is 0 Å². The van der Waals surface area contributed by atoms with Gasteiger partial charge in [-0.05, 0) is 43.5 Å².